The Kier molecular flexibility index (Phi) is 13.5. The smallest absolute Gasteiger partial charge is 0.306 e. The number of aryl methyl sites for hydroxylation is 4. The topological polar surface area (TPSA) is 112 Å². The quantitative estimate of drug-likeness (QED) is 0.179. The fourth-order valence-electron chi connectivity index (χ4n) is 4.69. The minimum atomic E-state index is -0.299. The molecule has 2 rings (SSSR count). The first-order valence-electron chi connectivity index (χ1n) is 15.2. The zero-order valence-corrected chi connectivity index (χ0v) is 27.6. The lowest BCUT2D eigenvalue weighted by Gasteiger charge is -2.22. The molecule has 0 aliphatic heterocycles. The average molecular weight is 601 g/mol. The molecule has 8 nitrogen and oxygen atoms in total. The molecule has 2 N–H and O–H groups in total. The summed E-state index contributed by atoms with van der Waals surface area (Å²) >= 11 is 0. The molecule has 2 aromatic rings. The van der Waals surface area contributed by atoms with Crippen LogP contribution < -0.4 is 0 Å². The number of benzene rings is 2. The first-order chi connectivity index (χ1) is 20.0. The third-order valence-electron chi connectivity index (χ3n) is 7.16. The van der Waals surface area contributed by atoms with Gasteiger partial charge >= 0.3 is 11.9 Å². The van der Waals surface area contributed by atoms with Crippen LogP contribution in [0.1, 0.15) is 94.7 Å². The molecule has 0 aromatic heterocycles. The zero-order valence-electron chi connectivity index (χ0n) is 27.6. The van der Waals surface area contributed by atoms with Crippen LogP contribution in [0.3, 0.4) is 0 Å². The van der Waals surface area contributed by atoms with Gasteiger partial charge in [-0.15, -0.1) is 0 Å². The molecule has 0 radical (unpaired) electrons. The van der Waals surface area contributed by atoms with Crippen LogP contribution in [0.4, 0.5) is 0 Å². The summed E-state index contributed by atoms with van der Waals surface area (Å²) in [6.45, 7) is 19.0. The van der Waals surface area contributed by atoms with E-state index in [1.807, 2.05) is 86.6 Å². The van der Waals surface area contributed by atoms with E-state index >= 15 is 0 Å². The molecule has 1 unspecified atom stereocenters. The van der Waals surface area contributed by atoms with Crippen LogP contribution in [0.5, 0.6) is 11.5 Å². The summed E-state index contributed by atoms with van der Waals surface area (Å²) in [4.78, 5) is 24.4. The molecular weight excluding hydrogens is 548 g/mol. The number of esters is 2. The molecule has 1 atom stereocenters. The minimum absolute atomic E-state index is 0.153. The van der Waals surface area contributed by atoms with Crippen LogP contribution in [0.25, 0.3) is 0 Å². The van der Waals surface area contributed by atoms with Crippen LogP contribution in [-0.2, 0) is 52.2 Å². The maximum atomic E-state index is 12.2. The van der Waals surface area contributed by atoms with E-state index in [2.05, 4.69) is 0 Å². The van der Waals surface area contributed by atoms with E-state index in [-0.39, 0.29) is 68.1 Å². The fourth-order valence-corrected chi connectivity index (χ4v) is 4.69. The predicted molar refractivity (Wildman–Crippen MR) is 168 cm³/mol. The second-order valence-electron chi connectivity index (χ2n) is 13.3. The second kappa shape index (κ2) is 16.1. The Hall–Kier alpha value is -3.10. The molecule has 2 aromatic carbocycles. The minimum Gasteiger partial charge on any atom is -0.507 e. The van der Waals surface area contributed by atoms with Crippen molar-refractivity contribution in [2.75, 3.05) is 33.0 Å². The molecule has 0 aliphatic carbocycles. The van der Waals surface area contributed by atoms with Gasteiger partial charge in [0.25, 0.3) is 0 Å². The number of ether oxygens (including phenoxy) is 4. The van der Waals surface area contributed by atoms with E-state index < -0.39 is 0 Å². The Balaban J connectivity index is 1.58. The summed E-state index contributed by atoms with van der Waals surface area (Å²) in [6.07, 6.45) is 1.36. The Morgan fingerprint density at radius 1 is 0.698 bits per heavy atom. The summed E-state index contributed by atoms with van der Waals surface area (Å²) in [5.74, 6) is 0.0179. The van der Waals surface area contributed by atoms with Crippen molar-refractivity contribution in [2.45, 2.75) is 105 Å². The van der Waals surface area contributed by atoms with E-state index in [4.69, 9.17) is 18.9 Å². The van der Waals surface area contributed by atoms with E-state index in [1.165, 1.54) is 0 Å². The van der Waals surface area contributed by atoms with Crippen molar-refractivity contribution in [3.05, 3.63) is 57.6 Å². The van der Waals surface area contributed by atoms with Gasteiger partial charge in [-0.1, -0.05) is 65.8 Å². The molecule has 0 saturated carbocycles. The van der Waals surface area contributed by atoms with Gasteiger partial charge in [0.2, 0.25) is 0 Å². The predicted octanol–water partition coefficient (Wildman–Crippen LogP) is 6.38. The largest absolute Gasteiger partial charge is 0.507 e. The van der Waals surface area contributed by atoms with Crippen LogP contribution in [0.2, 0.25) is 0 Å². The molecule has 0 bridgehead atoms. The van der Waals surface area contributed by atoms with Crippen molar-refractivity contribution in [1.29, 1.82) is 0 Å². The number of phenolic OH excluding ortho intramolecular Hbond substituents is 2. The number of hydrogen-bond acceptors (Lipinski definition) is 8. The maximum Gasteiger partial charge on any atom is 0.306 e. The van der Waals surface area contributed by atoms with Crippen molar-refractivity contribution in [2.24, 2.45) is 0 Å². The van der Waals surface area contributed by atoms with Crippen LogP contribution in [-0.4, -0.2) is 61.3 Å². The lowest BCUT2D eigenvalue weighted by atomic mass is 9.83. The molecule has 0 fully saturated rings. The molecule has 43 heavy (non-hydrogen) atoms. The Labute approximate surface area is 257 Å². The third kappa shape index (κ3) is 12.2. The number of phenols is 2. The first kappa shape index (κ1) is 36.1. The number of carbonyl (C=O) groups excluding carboxylic acids is 2. The van der Waals surface area contributed by atoms with Crippen molar-refractivity contribution in [3.63, 3.8) is 0 Å². The summed E-state index contributed by atoms with van der Waals surface area (Å²) in [5.41, 5.74) is 4.93. The average Bonchev–Trinajstić information content (AvgIpc) is 2.90. The molecule has 240 valence electrons. The van der Waals surface area contributed by atoms with Gasteiger partial charge < -0.3 is 29.2 Å². The normalized spacial score (nSPS) is 12.7. The Bertz CT molecular complexity index is 1220. The van der Waals surface area contributed by atoms with E-state index in [0.717, 1.165) is 33.4 Å². The van der Waals surface area contributed by atoms with Gasteiger partial charge in [-0.2, -0.15) is 0 Å². The number of carbonyl (C=O) groups is 2. The highest BCUT2D eigenvalue weighted by Crippen LogP contribution is 2.35. The van der Waals surface area contributed by atoms with Crippen LogP contribution >= 0.6 is 0 Å². The Morgan fingerprint density at radius 3 is 1.53 bits per heavy atom. The summed E-state index contributed by atoms with van der Waals surface area (Å²) < 4.78 is 21.8. The number of aromatic hydroxyl groups is 2. The SMILES string of the molecule is Cc1cc(CCC(=O)OCCOCC(C)OCCOC(=O)CCc2cc(C)c(O)c(C(C)(C)C)c2)cc(C(C)(C)C)c1O. The molecule has 0 aliphatic rings. The third-order valence-corrected chi connectivity index (χ3v) is 7.16. The van der Waals surface area contributed by atoms with Gasteiger partial charge in [0.05, 0.1) is 25.9 Å². The zero-order chi connectivity index (χ0) is 32.4. The van der Waals surface area contributed by atoms with Crippen molar-refractivity contribution < 1.29 is 38.7 Å². The van der Waals surface area contributed by atoms with Crippen molar-refractivity contribution in [1.82, 2.24) is 0 Å². The summed E-state index contributed by atoms with van der Waals surface area (Å²) in [5, 5.41) is 20.8. The lowest BCUT2D eigenvalue weighted by molar-refractivity contribution is -0.147. The van der Waals surface area contributed by atoms with Gasteiger partial charge in [0.1, 0.15) is 24.7 Å². The van der Waals surface area contributed by atoms with Crippen molar-refractivity contribution >= 4 is 11.9 Å². The van der Waals surface area contributed by atoms with Gasteiger partial charge in [-0.25, -0.2) is 0 Å². The van der Waals surface area contributed by atoms with E-state index in [1.54, 1.807) is 0 Å². The first-order valence-corrected chi connectivity index (χ1v) is 15.2. The number of hydrogen-bond donors (Lipinski definition) is 2. The van der Waals surface area contributed by atoms with Gasteiger partial charge in [0, 0.05) is 12.8 Å². The highest BCUT2D eigenvalue weighted by molar-refractivity contribution is 5.70. The molecule has 0 amide bonds. The van der Waals surface area contributed by atoms with E-state index in [0.29, 0.717) is 30.9 Å². The summed E-state index contributed by atoms with van der Waals surface area (Å²) in [7, 11) is 0. The standard InChI is InChI=1S/C35H52O8/c1-23-18-26(20-28(32(23)38)34(4,5)6)10-12-30(36)42-15-14-40-22-25(3)41-16-17-43-31(37)13-11-27-19-24(2)33(39)29(21-27)35(7,8)9/h18-21,25,38-39H,10-17,22H2,1-9H3. The molecule has 0 saturated heterocycles. The Morgan fingerprint density at radius 2 is 1.12 bits per heavy atom. The molecular formula is C35H52O8. The summed E-state index contributed by atoms with van der Waals surface area (Å²) in [6, 6.07) is 7.74. The molecule has 0 spiro atoms. The lowest BCUT2D eigenvalue weighted by Crippen LogP contribution is -2.21. The maximum absolute atomic E-state index is 12.2. The van der Waals surface area contributed by atoms with Crippen LogP contribution in [0, 0.1) is 13.8 Å². The number of rotatable bonds is 15. The van der Waals surface area contributed by atoms with Crippen molar-refractivity contribution in [3.8, 4) is 11.5 Å². The highest BCUT2D eigenvalue weighted by atomic mass is 16.6. The fraction of sp³-hybridized carbons (Fsp3) is 0.600. The second-order valence-corrected chi connectivity index (χ2v) is 13.3. The molecule has 8 heteroatoms. The van der Waals surface area contributed by atoms with Gasteiger partial charge in [-0.3, -0.25) is 9.59 Å². The monoisotopic (exact) mass is 600 g/mol. The van der Waals surface area contributed by atoms with Crippen LogP contribution in [0.15, 0.2) is 24.3 Å². The van der Waals surface area contributed by atoms with E-state index in [9.17, 15) is 19.8 Å². The van der Waals surface area contributed by atoms with Gasteiger partial charge in [0.15, 0.2) is 0 Å². The van der Waals surface area contributed by atoms with Gasteiger partial charge in [-0.05, 0) is 77.8 Å². The highest BCUT2D eigenvalue weighted by Gasteiger charge is 2.21. The molecule has 0 heterocycles.